The van der Waals surface area contributed by atoms with Crippen LogP contribution in [0.1, 0.15) is 21.5 Å². The number of rotatable bonds is 8. The zero-order valence-corrected chi connectivity index (χ0v) is 21.4. The van der Waals surface area contributed by atoms with E-state index in [-0.39, 0.29) is 12.2 Å². The predicted octanol–water partition coefficient (Wildman–Crippen LogP) is 4.03. The number of carbonyl (C=O) groups excluding carboxylic acids is 1. The van der Waals surface area contributed by atoms with Crippen LogP contribution in [-0.2, 0) is 23.0 Å². The Hall–Kier alpha value is -2.56. The van der Waals surface area contributed by atoms with Gasteiger partial charge in [-0.3, -0.25) is 9.69 Å². The SMILES string of the molecule is CS(=O)(=O)N1CCN(Cc2ccnc(Nc3cc(CC(=O)c4c(Cl)cccc4Cl)ccn3)c2)CC1. The normalized spacial score (nSPS) is 15.2. The highest BCUT2D eigenvalue weighted by Crippen LogP contribution is 2.26. The second-order valence-electron chi connectivity index (χ2n) is 8.36. The summed E-state index contributed by atoms with van der Waals surface area (Å²) in [5, 5.41) is 3.85. The minimum absolute atomic E-state index is 0.133. The second kappa shape index (κ2) is 11.0. The molecule has 8 nitrogen and oxygen atoms in total. The molecule has 0 saturated carbocycles. The van der Waals surface area contributed by atoms with E-state index in [1.165, 1.54) is 10.6 Å². The number of nitrogens with one attached hydrogen (secondary N) is 1. The third-order valence-corrected chi connectivity index (χ3v) is 7.65. The number of ketones is 1. The summed E-state index contributed by atoms with van der Waals surface area (Å²) in [6, 6.07) is 12.4. The first-order valence-corrected chi connectivity index (χ1v) is 13.6. The number of hydrogen-bond donors (Lipinski definition) is 1. The van der Waals surface area contributed by atoms with Crippen molar-refractivity contribution in [3.05, 3.63) is 81.6 Å². The smallest absolute Gasteiger partial charge is 0.211 e. The molecule has 2 aromatic heterocycles. The number of carbonyl (C=O) groups is 1. The quantitative estimate of drug-likeness (QED) is 0.436. The number of sulfonamides is 1. The lowest BCUT2D eigenvalue weighted by atomic mass is 10.0. The fourth-order valence-corrected chi connectivity index (χ4v) is 5.38. The van der Waals surface area contributed by atoms with Crippen LogP contribution in [0.4, 0.5) is 11.6 Å². The number of nitrogens with zero attached hydrogens (tertiary/aromatic N) is 4. The van der Waals surface area contributed by atoms with Gasteiger partial charge in [0.1, 0.15) is 11.6 Å². The van der Waals surface area contributed by atoms with E-state index in [2.05, 4.69) is 20.2 Å². The fraction of sp³-hybridized carbons (Fsp3) is 0.292. The molecule has 1 saturated heterocycles. The second-order valence-corrected chi connectivity index (χ2v) is 11.2. The molecule has 35 heavy (non-hydrogen) atoms. The average Bonchev–Trinajstić information content (AvgIpc) is 2.79. The lowest BCUT2D eigenvalue weighted by Crippen LogP contribution is -2.47. The average molecular weight is 534 g/mol. The number of anilines is 2. The maximum Gasteiger partial charge on any atom is 0.211 e. The van der Waals surface area contributed by atoms with Gasteiger partial charge in [-0.1, -0.05) is 29.3 Å². The van der Waals surface area contributed by atoms with Crippen molar-refractivity contribution in [3.63, 3.8) is 0 Å². The summed E-state index contributed by atoms with van der Waals surface area (Å²) in [5.41, 5.74) is 2.13. The number of aromatic nitrogens is 2. The lowest BCUT2D eigenvalue weighted by molar-refractivity contribution is 0.0993. The molecular formula is C24H25Cl2N5O3S. The van der Waals surface area contributed by atoms with E-state index >= 15 is 0 Å². The predicted molar refractivity (Wildman–Crippen MR) is 138 cm³/mol. The van der Waals surface area contributed by atoms with Crippen LogP contribution in [0.25, 0.3) is 0 Å². The summed E-state index contributed by atoms with van der Waals surface area (Å²) in [5.74, 6) is 1.02. The molecule has 0 atom stereocenters. The Morgan fingerprint density at radius 2 is 1.51 bits per heavy atom. The number of hydrogen-bond acceptors (Lipinski definition) is 7. The Morgan fingerprint density at radius 1 is 0.943 bits per heavy atom. The molecule has 1 aliphatic rings. The van der Waals surface area contributed by atoms with Crippen LogP contribution >= 0.6 is 23.2 Å². The van der Waals surface area contributed by atoms with Crippen LogP contribution in [0.15, 0.2) is 54.9 Å². The highest BCUT2D eigenvalue weighted by Gasteiger charge is 2.23. The van der Waals surface area contributed by atoms with Crippen molar-refractivity contribution < 1.29 is 13.2 Å². The molecule has 0 unspecified atom stereocenters. The summed E-state index contributed by atoms with van der Waals surface area (Å²) in [7, 11) is -3.15. The van der Waals surface area contributed by atoms with Gasteiger partial charge >= 0.3 is 0 Å². The van der Waals surface area contributed by atoms with Crippen molar-refractivity contribution >= 4 is 50.6 Å². The van der Waals surface area contributed by atoms with Gasteiger partial charge in [-0.25, -0.2) is 18.4 Å². The van der Waals surface area contributed by atoms with Crippen LogP contribution in [0.2, 0.25) is 10.0 Å². The summed E-state index contributed by atoms with van der Waals surface area (Å²) in [4.78, 5) is 23.7. The van der Waals surface area contributed by atoms with Gasteiger partial charge in [-0.2, -0.15) is 4.31 Å². The molecule has 0 amide bonds. The summed E-state index contributed by atoms with van der Waals surface area (Å²) >= 11 is 12.3. The standard InChI is InChI=1S/C24H25Cl2N5O3S/c1-35(33,34)31-11-9-30(10-12-31)16-18-6-8-28-23(15-18)29-22-14-17(5-7-27-22)13-21(32)24-19(25)3-2-4-20(24)26/h2-8,14-15H,9-13,16H2,1H3,(H,27,28,29). The number of halogens is 2. The van der Waals surface area contributed by atoms with Crippen molar-refractivity contribution in [2.24, 2.45) is 0 Å². The minimum Gasteiger partial charge on any atom is -0.325 e. The monoisotopic (exact) mass is 533 g/mol. The maximum atomic E-state index is 12.8. The van der Waals surface area contributed by atoms with E-state index in [4.69, 9.17) is 23.2 Å². The zero-order valence-electron chi connectivity index (χ0n) is 19.1. The Kier molecular flexibility index (Phi) is 8.03. The number of benzene rings is 1. The van der Waals surface area contributed by atoms with E-state index in [1.54, 1.807) is 42.7 Å². The van der Waals surface area contributed by atoms with Crippen LogP contribution in [-0.4, -0.2) is 65.8 Å². The number of Topliss-reactive ketones (excluding diaryl/α,β-unsaturated/α-hetero) is 1. The molecule has 0 radical (unpaired) electrons. The first kappa shape index (κ1) is 25.5. The van der Waals surface area contributed by atoms with Crippen molar-refractivity contribution in [2.75, 3.05) is 37.8 Å². The first-order chi connectivity index (χ1) is 16.7. The van der Waals surface area contributed by atoms with Gasteiger partial charge in [0.15, 0.2) is 5.78 Å². The van der Waals surface area contributed by atoms with E-state index in [0.29, 0.717) is 60.0 Å². The lowest BCUT2D eigenvalue weighted by Gasteiger charge is -2.33. The molecule has 1 fully saturated rings. The summed E-state index contributed by atoms with van der Waals surface area (Å²) in [6.45, 7) is 3.01. The number of piperazine rings is 1. The van der Waals surface area contributed by atoms with Crippen molar-refractivity contribution in [2.45, 2.75) is 13.0 Å². The van der Waals surface area contributed by atoms with E-state index in [0.717, 1.165) is 11.1 Å². The van der Waals surface area contributed by atoms with Crippen LogP contribution in [0.5, 0.6) is 0 Å². The van der Waals surface area contributed by atoms with E-state index in [1.807, 2.05) is 12.1 Å². The molecule has 3 aromatic rings. The fourth-order valence-electron chi connectivity index (χ4n) is 3.94. The molecule has 4 rings (SSSR count). The van der Waals surface area contributed by atoms with Gasteiger partial charge in [0, 0.05) is 51.5 Å². The van der Waals surface area contributed by atoms with E-state index < -0.39 is 10.0 Å². The molecule has 0 spiro atoms. The molecule has 1 aromatic carbocycles. The number of pyridine rings is 2. The molecule has 11 heteroatoms. The highest BCUT2D eigenvalue weighted by atomic mass is 35.5. The van der Waals surface area contributed by atoms with Gasteiger partial charge in [0.2, 0.25) is 10.0 Å². The Balaban J connectivity index is 1.39. The summed E-state index contributed by atoms with van der Waals surface area (Å²) in [6.07, 6.45) is 4.73. The molecule has 184 valence electrons. The highest BCUT2D eigenvalue weighted by molar-refractivity contribution is 7.88. The van der Waals surface area contributed by atoms with Gasteiger partial charge in [-0.05, 0) is 47.5 Å². The molecule has 3 heterocycles. The Labute approximate surface area is 214 Å². The largest absolute Gasteiger partial charge is 0.325 e. The van der Waals surface area contributed by atoms with Crippen molar-refractivity contribution in [3.8, 4) is 0 Å². The van der Waals surface area contributed by atoms with Gasteiger partial charge in [0.05, 0.1) is 21.9 Å². The minimum atomic E-state index is -3.15. The molecule has 1 N–H and O–H groups in total. The topological polar surface area (TPSA) is 95.5 Å². The van der Waals surface area contributed by atoms with Crippen LogP contribution in [0, 0.1) is 0 Å². The van der Waals surface area contributed by atoms with Crippen molar-refractivity contribution in [1.29, 1.82) is 0 Å². The van der Waals surface area contributed by atoms with E-state index in [9.17, 15) is 13.2 Å². The Morgan fingerprint density at radius 3 is 2.11 bits per heavy atom. The molecular weight excluding hydrogens is 509 g/mol. The third-order valence-electron chi connectivity index (χ3n) is 5.72. The summed E-state index contributed by atoms with van der Waals surface area (Å²) < 4.78 is 24.9. The first-order valence-electron chi connectivity index (χ1n) is 11.0. The van der Waals surface area contributed by atoms with Crippen molar-refractivity contribution in [1.82, 2.24) is 19.2 Å². The molecule has 1 aliphatic heterocycles. The third kappa shape index (κ3) is 6.77. The molecule has 0 aliphatic carbocycles. The maximum absolute atomic E-state index is 12.8. The Bertz CT molecular complexity index is 1310. The van der Waals surface area contributed by atoms with Gasteiger partial charge in [0.25, 0.3) is 0 Å². The molecule has 0 bridgehead atoms. The van der Waals surface area contributed by atoms with Gasteiger partial charge in [-0.15, -0.1) is 0 Å². The van der Waals surface area contributed by atoms with Crippen LogP contribution in [0.3, 0.4) is 0 Å². The van der Waals surface area contributed by atoms with Crippen LogP contribution < -0.4 is 5.32 Å². The zero-order chi connectivity index (χ0) is 25.0. The van der Waals surface area contributed by atoms with Gasteiger partial charge < -0.3 is 5.32 Å².